The van der Waals surface area contributed by atoms with E-state index < -0.39 is 6.16 Å². The average molecular weight is 245 g/mol. The highest BCUT2D eigenvalue weighted by atomic mass is 35.5. The fraction of sp³-hybridized carbons (Fsp3) is 0.364. The van der Waals surface area contributed by atoms with Crippen molar-refractivity contribution in [1.29, 1.82) is 0 Å². The van der Waals surface area contributed by atoms with Crippen LogP contribution in [0.3, 0.4) is 0 Å². The number of hydrogen-bond donors (Lipinski definition) is 2. The van der Waals surface area contributed by atoms with Crippen LogP contribution in [0, 0.1) is 0 Å². The summed E-state index contributed by atoms with van der Waals surface area (Å²) in [5, 5.41) is 18.7. The van der Waals surface area contributed by atoms with Gasteiger partial charge < -0.3 is 14.9 Å². The molecule has 4 nitrogen and oxygen atoms in total. The Morgan fingerprint density at radius 2 is 2.19 bits per heavy atom. The maximum absolute atomic E-state index is 10.4. The summed E-state index contributed by atoms with van der Waals surface area (Å²) in [5.74, 6) is -0.272. The van der Waals surface area contributed by atoms with E-state index in [1.807, 2.05) is 6.92 Å². The first-order valence-electron chi connectivity index (χ1n) is 4.97. The maximum Gasteiger partial charge on any atom is 0.511 e. The highest BCUT2D eigenvalue weighted by Gasteiger charge is 2.14. The largest absolute Gasteiger partial charge is 0.511 e. The summed E-state index contributed by atoms with van der Waals surface area (Å²) in [6.45, 7) is 2.02. The van der Waals surface area contributed by atoms with E-state index in [2.05, 4.69) is 4.74 Å². The highest BCUT2D eigenvalue weighted by molar-refractivity contribution is 6.31. The van der Waals surface area contributed by atoms with Crippen LogP contribution in [0.2, 0.25) is 5.02 Å². The summed E-state index contributed by atoms with van der Waals surface area (Å²) < 4.78 is 4.43. The second-order valence-corrected chi connectivity index (χ2v) is 3.75. The molecule has 5 heteroatoms. The SMILES string of the molecule is CCCCc1c(Cl)ccc(OC(=O)O)c1O. The first-order chi connectivity index (χ1) is 7.56. The Morgan fingerprint density at radius 1 is 1.50 bits per heavy atom. The third-order valence-electron chi connectivity index (χ3n) is 2.17. The second kappa shape index (κ2) is 5.61. The molecule has 0 aromatic heterocycles. The van der Waals surface area contributed by atoms with Gasteiger partial charge in [-0.2, -0.15) is 0 Å². The number of carbonyl (C=O) groups is 1. The molecular formula is C11H13ClO4. The molecule has 0 saturated heterocycles. The Bertz CT molecular complexity index is 390. The molecule has 16 heavy (non-hydrogen) atoms. The fourth-order valence-corrected chi connectivity index (χ4v) is 1.60. The Hall–Kier alpha value is -1.42. The first kappa shape index (κ1) is 12.6. The van der Waals surface area contributed by atoms with Crippen LogP contribution in [-0.4, -0.2) is 16.4 Å². The van der Waals surface area contributed by atoms with E-state index in [-0.39, 0.29) is 11.5 Å². The number of aromatic hydroxyl groups is 1. The minimum Gasteiger partial charge on any atom is -0.504 e. The van der Waals surface area contributed by atoms with Crippen molar-refractivity contribution in [2.24, 2.45) is 0 Å². The standard InChI is InChI=1S/C11H13ClO4/c1-2-3-4-7-8(12)5-6-9(10(7)13)16-11(14)15/h5-6,13H,2-4H2,1H3,(H,14,15). The van der Waals surface area contributed by atoms with Crippen LogP contribution >= 0.6 is 11.6 Å². The number of phenols is 1. The maximum atomic E-state index is 10.4. The first-order valence-corrected chi connectivity index (χ1v) is 5.35. The topological polar surface area (TPSA) is 66.8 Å². The lowest BCUT2D eigenvalue weighted by atomic mass is 10.1. The van der Waals surface area contributed by atoms with Crippen molar-refractivity contribution in [2.75, 3.05) is 0 Å². The normalized spacial score (nSPS) is 10.1. The molecule has 0 atom stereocenters. The molecule has 0 bridgehead atoms. The predicted molar refractivity (Wildman–Crippen MR) is 60.4 cm³/mol. The van der Waals surface area contributed by atoms with E-state index in [4.69, 9.17) is 16.7 Å². The van der Waals surface area contributed by atoms with Crippen molar-refractivity contribution in [3.8, 4) is 11.5 Å². The number of hydrogen-bond acceptors (Lipinski definition) is 3. The van der Waals surface area contributed by atoms with E-state index in [0.29, 0.717) is 17.0 Å². The quantitative estimate of drug-likeness (QED) is 0.629. The van der Waals surface area contributed by atoms with Gasteiger partial charge in [-0.25, -0.2) is 4.79 Å². The Labute approximate surface area is 98.4 Å². The molecule has 1 rings (SSSR count). The molecular weight excluding hydrogens is 232 g/mol. The number of phenolic OH excluding ortho intramolecular Hbond substituents is 1. The molecule has 0 amide bonds. The predicted octanol–water partition coefficient (Wildman–Crippen LogP) is 3.45. The molecule has 2 N–H and O–H groups in total. The van der Waals surface area contributed by atoms with Gasteiger partial charge >= 0.3 is 6.16 Å². The number of ether oxygens (including phenoxy) is 1. The molecule has 0 heterocycles. The molecule has 1 aromatic carbocycles. The van der Waals surface area contributed by atoms with Gasteiger partial charge in [0.25, 0.3) is 0 Å². The molecule has 0 spiro atoms. The number of rotatable bonds is 4. The van der Waals surface area contributed by atoms with Gasteiger partial charge in [0, 0.05) is 10.6 Å². The smallest absolute Gasteiger partial charge is 0.504 e. The number of carboxylic acid groups (broad SMARTS) is 1. The zero-order chi connectivity index (χ0) is 12.1. The number of unbranched alkanes of at least 4 members (excludes halogenated alkanes) is 1. The summed E-state index contributed by atoms with van der Waals surface area (Å²) >= 11 is 5.91. The van der Waals surface area contributed by atoms with Gasteiger partial charge in [0.05, 0.1) is 0 Å². The van der Waals surface area contributed by atoms with Crippen LogP contribution in [0.5, 0.6) is 11.5 Å². The average Bonchev–Trinajstić information content (AvgIpc) is 2.22. The molecule has 0 aliphatic rings. The van der Waals surface area contributed by atoms with E-state index in [9.17, 15) is 9.90 Å². The van der Waals surface area contributed by atoms with E-state index in [1.165, 1.54) is 12.1 Å². The minimum absolute atomic E-state index is 0.0806. The molecule has 1 aromatic rings. The lowest BCUT2D eigenvalue weighted by Gasteiger charge is -2.09. The summed E-state index contributed by atoms with van der Waals surface area (Å²) in [7, 11) is 0. The van der Waals surface area contributed by atoms with Crippen LogP contribution < -0.4 is 4.74 Å². The van der Waals surface area contributed by atoms with Crippen LogP contribution in [0.15, 0.2) is 12.1 Å². The molecule has 0 unspecified atom stereocenters. The third kappa shape index (κ3) is 3.03. The molecule has 0 radical (unpaired) electrons. The van der Waals surface area contributed by atoms with Gasteiger partial charge in [-0.15, -0.1) is 0 Å². The monoisotopic (exact) mass is 244 g/mol. The van der Waals surface area contributed by atoms with Gasteiger partial charge in [0.2, 0.25) is 0 Å². The van der Waals surface area contributed by atoms with Gasteiger partial charge in [-0.1, -0.05) is 24.9 Å². The zero-order valence-electron chi connectivity index (χ0n) is 8.86. The molecule has 0 aliphatic heterocycles. The molecule has 0 aliphatic carbocycles. The Morgan fingerprint density at radius 3 is 2.75 bits per heavy atom. The molecule has 0 saturated carbocycles. The van der Waals surface area contributed by atoms with E-state index in [1.54, 1.807) is 0 Å². The lowest BCUT2D eigenvalue weighted by molar-refractivity contribution is 0.143. The minimum atomic E-state index is -1.46. The lowest BCUT2D eigenvalue weighted by Crippen LogP contribution is -2.04. The van der Waals surface area contributed by atoms with E-state index >= 15 is 0 Å². The number of halogens is 1. The summed E-state index contributed by atoms with van der Waals surface area (Å²) in [4.78, 5) is 10.4. The highest BCUT2D eigenvalue weighted by Crippen LogP contribution is 2.36. The second-order valence-electron chi connectivity index (χ2n) is 3.34. The number of benzene rings is 1. The molecule has 0 fully saturated rings. The van der Waals surface area contributed by atoms with Crippen LogP contribution in [0.4, 0.5) is 4.79 Å². The third-order valence-corrected chi connectivity index (χ3v) is 2.52. The van der Waals surface area contributed by atoms with Gasteiger partial charge in [0.15, 0.2) is 11.5 Å². The Balaban J connectivity index is 3.01. The van der Waals surface area contributed by atoms with Gasteiger partial charge in [-0.3, -0.25) is 0 Å². The van der Waals surface area contributed by atoms with Gasteiger partial charge in [-0.05, 0) is 25.0 Å². The van der Waals surface area contributed by atoms with Crippen LogP contribution in [0.1, 0.15) is 25.3 Å². The summed E-state index contributed by atoms with van der Waals surface area (Å²) in [6.07, 6.45) is 0.959. The van der Waals surface area contributed by atoms with Crippen LogP contribution in [-0.2, 0) is 6.42 Å². The van der Waals surface area contributed by atoms with E-state index in [0.717, 1.165) is 12.8 Å². The van der Waals surface area contributed by atoms with Crippen molar-refractivity contribution < 1.29 is 19.7 Å². The van der Waals surface area contributed by atoms with Crippen molar-refractivity contribution in [3.05, 3.63) is 22.7 Å². The summed E-state index contributed by atoms with van der Waals surface area (Å²) in [5.41, 5.74) is 0.530. The van der Waals surface area contributed by atoms with Crippen molar-refractivity contribution in [2.45, 2.75) is 26.2 Å². The van der Waals surface area contributed by atoms with Crippen molar-refractivity contribution >= 4 is 17.8 Å². The Kier molecular flexibility index (Phi) is 4.43. The molecule has 88 valence electrons. The van der Waals surface area contributed by atoms with Gasteiger partial charge in [0.1, 0.15) is 0 Å². The summed E-state index contributed by atoms with van der Waals surface area (Å²) in [6, 6.07) is 2.85. The fourth-order valence-electron chi connectivity index (χ4n) is 1.36. The zero-order valence-corrected chi connectivity index (χ0v) is 9.62. The van der Waals surface area contributed by atoms with Crippen LogP contribution in [0.25, 0.3) is 0 Å². The van der Waals surface area contributed by atoms with Crippen molar-refractivity contribution in [3.63, 3.8) is 0 Å². The van der Waals surface area contributed by atoms with Crippen molar-refractivity contribution in [1.82, 2.24) is 0 Å².